The quantitative estimate of drug-likeness (QED) is 0.805. The lowest BCUT2D eigenvalue weighted by molar-refractivity contribution is -0.122. The van der Waals surface area contributed by atoms with Crippen molar-refractivity contribution >= 4 is 17.1 Å². The summed E-state index contributed by atoms with van der Waals surface area (Å²) in [4.78, 5) is 12.9. The molecule has 1 aromatic heterocycles. The van der Waals surface area contributed by atoms with Gasteiger partial charge in [0, 0.05) is 17.3 Å². The van der Waals surface area contributed by atoms with Gasteiger partial charge < -0.3 is 10.5 Å². The predicted octanol–water partition coefficient (Wildman–Crippen LogP) is 0.833. The summed E-state index contributed by atoms with van der Waals surface area (Å²) in [6, 6.07) is 3.82. The highest BCUT2D eigenvalue weighted by atomic mass is 32.1. The van der Waals surface area contributed by atoms with Gasteiger partial charge in [-0.1, -0.05) is 6.07 Å². The Balaban J connectivity index is 1.95. The van der Waals surface area contributed by atoms with Crippen LogP contribution in [-0.4, -0.2) is 25.0 Å². The molecule has 0 amide bonds. The minimum atomic E-state index is -0.109. The van der Waals surface area contributed by atoms with Gasteiger partial charge in [-0.25, -0.2) is 0 Å². The average Bonchev–Trinajstić information content (AvgIpc) is 2.75. The third-order valence-electron chi connectivity index (χ3n) is 2.47. The van der Waals surface area contributed by atoms with Crippen LogP contribution in [0, 0.1) is 5.92 Å². The van der Waals surface area contributed by atoms with E-state index in [0.29, 0.717) is 19.6 Å². The summed E-state index contributed by atoms with van der Waals surface area (Å²) in [6.45, 7) is 1.01. The molecular formula is C10H13NO2S. The van der Waals surface area contributed by atoms with Gasteiger partial charge in [-0.3, -0.25) is 4.79 Å². The van der Waals surface area contributed by atoms with Crippen LogP contribution in [0.5, 0.6) is 0 Å². The number of hydrogen-bond acceptors (Lipinski definition) is 4. The van der Waals surface area contributed by atoms with E-state index >= 15 is 0 Å². The maximum atomic E-state index is 11.8. The molecule has 0 aliphatic carbocycles. The zero-order valence-electron chi connectivity index (χ0n) is 7.81. The van der Waals surface area contributed by atoms with Crippen LogP contribution in [0.15, 0.2) is 17.5 Å². The fraction of sp³-hybridized carbons (Fsp3) is 0.500. The standard InChI is InChI=1S/C10H13NO2S/c11-9-6-13-5-8(9)10(12)4-7-2-1-3-14-7/h1-3,8-9H,4-6,11H2. The van der Waals surface area contributed by atoms with Crippen molar-refractivity contribution < 1.29 is 9.53 Å². The molecule has 2 rings (SSSR count). The zero-order chi connectivity index (χ0) is 9.97. The number of rotatable bonds is 3. The molecule has 2 N–H and O–H groups in total. The molecule has 0 saturated carbocycles. The molecule has 76 valence electrons. The van der Waals surface area contributed by atoms with E-state index in [0.717, 1.165) is 4.88 Å². The molecule has 14 heavy (non-hydrogen) atoms. The molecule has 3 nitrogen and oxygen atoms in total. The van der Waals surface area contributed by atoms with Crippen LogP contribution in [0.4, 0.5) is 0 Å². The zero-order valence-corrected chi connectivity index (χ0v) is 8.63. The molecule has 1 aliphatic heterocycles. The number of ketones is 1. The van der Waals surface area contributed by atoms with Gasteiger partial charge in [-0.05, 0) is 11.4 Å². The van der Waals surface area contributed by atoms with Gasteiger partial charge in [0.1, 0.15) is 5.78 Å². The highest BCUT2D eigenvalue weighted by Crippen LogP contribution is 2.17. The number of thiophene rings is 1. The molecule has 0 spiro atoms. The second-order valence-corrected chi connectivity index (χ2v) is 4.56. The Hall–Kier alpha value is -0.710. The van der Waals surface area contributed by atoms with E-state index in [1.807, 2.05) is 17.5 Å². The van der Waals surface area contributed by atoms with Gasteiger partial charge >= 0.3 is 0 Å². The molecule has 1 fully saturated rings. The number of carbonyl (C=O) groups is 1. The first kappa shape index (κ1) is 9.83. The van der Waals surface area contributed by atoms with Crippen molar-refractivity contribution in [3.8, 4) is 0 Å². The molecule has 1 aliphatic rings. The van der Waals surface area contributed by atoms with E-state index in [4.69, 9.17) is 10.5 Å². The van der Waals surface area contributed by atoms with Gasteiger partial charge in [0.05, 0.1) is 19.1 Å². The van der Waals surface area contributed by atoms with Crippen molar-refractivity contribution in [3.63, 3.8) is 0 Å². The van der Waals surface area contributed by atoms with E-state index < -0.39 is 0 Å². The Morgan fingerprint density at radius 1 is 1.64 bits per heavy atom. The van der Waals surface area contributed by atoms with Crippen LogP contribution in [0.2, 0.25) is 0 Å². The largest absolute Gasteiger partial charge is 0.379 e. The van der Waals surface area contributed by atoms with E-state index in [2.05, 4.69) is 0 Å². The highest BCUT2D eigenvalue weighted by molar-refractivity contribution is 7.10. The molecule has 2 heterocycles. The first-order valence-corrected chi connectivity index (χ1v) is 5.54. The lowest BCUT2D eigenvalue weighted by Crippen LogP contribution is -2.34. The molecule has 4 heteroatoms. The SMILES string of the molecule is NC1COCC1C(=O)Cc1cccs1. The Kier molecular flexibility index (Phi) is 2.96. The number of Topliss-reactive ketones (excluding diaryl/α,β-unsaturated/α-hetero) is 1. The lowest BCUT2D eigenvalue weighted by atomic mass is 9.97. The van der Waals surface area contributed by atoms with Gasteiger partial charge in [0.25, 0.3) is 0 Å². The summed E-state index contributed by atoms with van der Waals surface area (Å²) in [5, 5.41) is 1.98. The van der Waals surface area contributed by atoms with Crippen molar-refractivity contribution in [1.29, 1.82) is 0 Å². The third-order valence-corrected chi connectivity index (χ3v) is 3.34. The Morgan fingerprint density at radius 2 is 2.50 bits per heavy atom. The predicted molar refractivity (Wildman–Crippen MR) is 55.3 cm³/mol. The number of hydrogen-bond donors (Lipinski definition) is 1. The topological polar surface area (TPSA) is 52.3 Å². The smallest absolute Gasteiger partial charge is 0.145 e. The van der Waals surface area contributed by atoms with Crippen molar-refractivity contribution in [1.82, 2.24) is 0 Å². The Bertz CT molecular complexity index is 310. The third kappa shape index (κ3) is 2.03. The number of carbonyl (C=O) groups excluding carboxylic acids is 1. The normalized spacial score (nSPS) is 26.6. The van der Waals surface area contributed by atoms with E-state index in [1.165, 1.54) is 0 Å². The minimum absolute atomic E-state index is 0.0999. The highest BCUT2D eigenvalue weighted by Gasteiger charge is 2.30. The van der Waals surface area contributed by atoms with Crippen LogP contribution in [0.1, 0.15) is 4.88 Å². The van der Waals surface area contributed by atoms with Crippen molar-refractivity contribution in [2.75, 3.05) is 13.2 Å². The molecule has 2 unspecified atom stereocenters. The number of nitrogens with two attached hydrogens (primary N) is 1. The summed E-state index contributed by atoms with van der Waals surface area (Å²) >= 11 is 1.61. The van der Waals surface area contributed by atoms with Crippen LogP contribution < -0.4 is 5.73 Å². The van der Waals surface area contributed by atoms with Gasteiger partial charge in [0.15, 0.2) is 0 Å². The monoisotopic (exact) mass is 211 g/mol. The molecule has 0 aromatic carbocycles. The van der Waals surface area contributed by atoms with Crippen LogP contribution in [0.25, 0.3) is 0 Å². The molecular weight excluding hydrogens is 198 g/mol. The van der Waals surface area contributed by atoms with E-state index in [9.17, 15) is 4.79 Å². The summed E-state index contributed by atoms with van der Waals surface area (Å²) in [5.74, 6) is 0.106. The molecule has 1 saturated heterocycles. The van der Waals surface area contributed by atoms with Gasteiger partial charge in [0.2, 0.25) is 0 Å². The molecule has 1 aromatic rings. The van der Waals surface area contributed by atoms with Crippen molar-refractivity contribution in [2.45, 2.75) is 12.5 Å². The fourth-order valence-corrected chi connectivity index (χ4v) is 2.33. The van der Waals surface area contributed by atoms with Crippen LogP contribution >= 0.6 is 11.3 Å². The van der Waals surface area contributed by atoms with E-state index in [-0.39, 0.29) is 17.7 Å². The maximum Gasteiger partial charge on any atom is 0.145 e. The minimum Gasteiger partial charge on any atom is -0.379 e. The van der Waals surface area contributed by atoms with Gasteiger partial charge in [-0.15, -0.1) is 11.3 Å². The molecule has 0 radical (unpaired) electrons. The van der Waals surface area contributed by atoms with Gasteiger partial charge in [-0.2, -0.15) is 0 Å². The second-order valence-electron chi connectivity index (χ2n) is 3.53. The summed E-state index contributed by atoms with van der Waals surface area (Å²) in [7, 11) is 0. The van der Waals surface area contributed by atoms with Crippen LogP contribution in [-0.2, 0) is 16.0 Å². The van der Waals surface area contributed by atoms with Crippen molar-refractivity contribution in [2.24, 2.45) is 11.7 Å². The first-order valence-electron chi connectivity index (χ1n) is 4.66. The molecule has 0 bridgehead atoms. The summed E-state index contributed by atoms with van der Waals surface area (Å²) in [6.07, 6.45) is 0.499. The first-order chi connectivity index (χ1) is 6.77. The summed E-state index contributed by atoms with van der Waals surface area (Å²) < 4.78 is 5.17. The average molecular weight is 211 g/mol. The second kappa shape index (κ2) is 4.21. The van der Waals surface area contributed by atoms with E-state index in [1.54, 1.807) is 11.3 Å². The Labute approximate surface area is 86.9 Å². The summed E-state index contributed by atoms with van der Waals surface area (Å²) in [5.41, 5.74) is 5.77. The number of ether oxygens (including phenoxy) is 1. The van der Waals surface area contributed by atoms with Crippen LogP contribution in [0.3, 0.4) is 0 Å². The lowest BCUT2D eigenvalue weighted by Gasteiger charge is -2.10. The Morgan fingerprint density at radius 3 is 3.07 bits per heavy atom. The molecule has 2 atom stereocenters. The van der Waals surface area contributed by atoms with Crippen molar-refractivity contribution in [3.05, 3.63) is 22.4 Å². The maximum absolute atomic E-state index is 11.8. The fourth-order valence-electron chi connectivity index (χ4n) is 1.62.